The number of allylic oxidation sites excluding steroid dienone is 7. The number of rotatable bonds is 13. The average molecular weight is 424 g/mol. The molecule has 31 heavy (non-hydrogen) atoms. The Balaban J connectivity index is 2.18. The van der Waals surface area contributed by atoms with E-state index in [4.69, 9.17) is 0 Å². The van der Waals surface area contributed by atoms with Crippen LogP contribution >= 0.6 is 0 Å². The maximum Gasteiger partial charge on any atom is 0.315 e. The zero-order valence-electron chi connectivity index (χ0n) is 20.1. The van der Waals surface area contributed by atoms with Gasteiger partial charge in [0.25, 0.3) is 0 Å². The summed E-state index contributed by atoms with van der Waals surface area (Å²) in [6.45, 7) is 11.9. The van der Waals surface area contributed by atoms with Crippen molar-refractivity contribution in [2.75, 3.05) is 6.54 Å². The van der Waals surface area contributed by atoms with Crippen molar-refractivity contribution in [1.82, 2.24) is 15.6 Å². The molecule has 0 aromatic carbocycles. The molecule has 2 amide bonds. The summed E-state index contributed by atoms with van der Waals surface area (Å²) in [6, 6.07) is 3.64. The Morgan fingerprint density at radius 3 is 1.97 bits per heavy atom. The second-order valence-electron chi connectivity index (χ2n) is 8.47. The van der Waals surface area contributed by atoms with E-state index >= 15 is 0 Å². The highest BCUT2D eigenvalue weighted by Crippen LogP contribution is 2.13. The molecule has 0 spiro atoms. The van der Waals surface area contributed by atoms with Crippen LogP contribution in [0, 0.1) is 0 Å². The van der Waals surface area contributed by atoms with E-state index in [0.717, 1.165) is 44.1 Å². The summed E-state index contributed by atoms with van der Waals surface area (Å²) in [5.41, 5.74) is 6.62. The van der Waals surface area contributed by atoms with E-state index < -0.39 is 0 Å². The molecule has 4 heteroatoms. The third-order valence-corrected chi connectivity index (χ3v) is 5.04. The van der Waals surface area contributed by atoms with Gasteiger partial charge in [0.05, 0.1) is 0 Å². The van der Waals surface area contributed by atoms with Gasteiger partial charge in [0.2, 0.25) is 0 Å². The Labute approximate surface area is 189 Å². The third kappa shape index (κ3) is 14.9. The number of hydrogen-bond acceptors (Lipinski definition) is 2. The fourth-order valence-corrected chi connectivity index (χ4v) is 3.05. The number of carbonyl (C=O) groups is 1. The Morgan fingerprint density at radius 1 is 0.839 bits per heavy atom. The first-order valence-corrected chi connectivity index (χ1v) is 11.4. The summed E-state index contributed by atoms with van der Waals surface area (Å²) >= 11 is 0. The summed E-state index contributed by atoms with van der Waals surface area (Å²) in [7, 11) is 0. The Morgan fingerprint density at radius 2 is 1.42 bits per heavy atom. The first kappa shape index (κ1) is 26.4. The first-order valence-electron chi connectivity index (χ1n) is 11.4. The van der Waals surface area contributed by atoms with Gasteiger partial charge in [0.15, 0.2) is 0 Å². The number of nitrogens with zero attached hydrogens (tertiary/aromatic N) is 1. The number of carbonyl (C=O) groups excluding carboxylic acids is 1. The van der Waals surface area contributed by atoms with Gasteiger partial charge in [-0.15, -0.1) is 0 Å². The molecule has 1 aromatic heterocycles. The Hall–Kier alpha value is -2.62. The molecule has 1 heterocycles. The molecule has 1 rings (SSSR count). The second-order valence-corrected chi connectivity index (χ2v) is 8.47. The molecule has 0 saturated heterocycles. The SMILES string of the molecule is CC(C)=CCC/C(C)=C/CC/C(C)=C/CC/C(C)=C/CNC(=O)NCc1cccnc1. The van der Waals surface area contributed by atoms with E-state index in [1.165, 1.54) is 22.3 Å². The van der Waals surface area contributed by atoms with E-state index in [0.29, 0.717) is 13.1 Å². The van der Waals surface area contributed by atoms with Crippen molar-refractivity contribution < 1.29 is 4.79 Å². The third-order valence-electron chi connectivity index (χ3n) is 5.04. The normalized spacial score (nSPS) is 12.5. The van der Waals surface area contributed by atoms with Crippen LogP contribution in [0.1, 0.15) is 78.7 Å². The highest BCUT2D eigenvalue weighted by atomic mass is 16.2. The lowest BCUT2D eigenvalue weighted by molar-refractivity contribution is 0.241. The van der Waals surface area contributed by atoms with Gasteiger partial charge < -0.3 is 10.6 Å². The predicted molar refractivity (Wildman–Crippen MR) is 133 cm³/mol. The molecule has 0 aliphatic rings. The summed E-state index contributed by atoms with van der Waals surface area (Å²) in [4.78, 5) is 15.9. The fraction of sp³-hybridized carbons (Fsp3) is 0.481. The lowest BCUT2D eigenvalue weighted by Crippen LogP contribution is -2.35. The van der Waals surface area contributed by atoms with Gasteiger partial charge in [0, 0.05) is 25.5 Å². The number of nitrogens with one attached hydrogen (secondary N) is 2. The van der Waals surface area contributed by atoms with Crippen LogP contribution in [0.3, 0.4) is 0 Å². The van der Waals surface area contributed by atoms with Gasteiger partial charge in [-0.1, -0.05) is 52.7 Å². The second kappa shape index (κ2) is 16.1. The number of hydrogen-bond donors (Lipinski definition) is 2. The summed E-state index contributed by atoms with van der Waals surface area (Å²) in [6.07, 6.45) is 19.2. The molecule has 2 N–H and O–H groups in total. The molecule has 0 saturated carbocycles. The van der Waals surface area contributed by atoms with Crippen LogP contribution < -0.4 is 10.6 Å². The van der Waals surface area contributed by atoms with Crippen molar-refractivity contribution in [2.24, 2.45) is 0 Å². The minimum Gasteiger partial charge on any atom is -0.335 e. The van der Waals surface area contributed by atoms with E-state index in [1.54, 1.807) is 12.4 Å². The first-order chi connectivity index (χ1) is 14.9. The van der Waals surface area contributed by atoms with Crippen molar-refractivity contribution in [2.45, 2.75) is 79.7 Å². The van der Waals surface area contributed by atoms with Crippen LogP contribution in [0.5, 0.6) is 0 Å². The fourth-order valence-electron chi connectivity index (χ4n) is 3.05. The molecule has 0 radical (unpaired) electrons. The van der Waals surface area contributed by atoms with E-state index in [-0.39, 0.29) is 6.03 Å². The zero-order valence-corrected chi connectivity index (χ0v) is 20.1. The summed E-state index contributed by atoms with van der Waals surface area (Å²) in [5, 5.41) is 5.71. The predicted octanol–water partition coefficient (Wildman–Crippen LogP) is 7.03. The van der Waals surface area contributed by atoms with Crippen LogP contribution in [-0.2, 0) is 6.54 Å². The molecule has 0 aliphatic heterocycles. The van der Waals surface area contributed by atoms with Crippen molar-refractivity contribution in [3.05, 3.63) is 76.7 Å². The van der Waals surface area contributed by atoms with Crippen molar-refractivity contribution in [3.63, 3.8) is 0 Å². The maximum absolute atomic E-state index is 11.8. The van der Waals surface area contributed by atoms with Gasteiger partial charge in [-0.25, -0.2) is 4.79 Å². The van der Waals surface area contributed by atoms with Gasteiger partial charge >= 0.3 is 6.03 Å². The monoisotopic (exact) mass is 423 g/mol. The van der Waals surface area contributed by atoms with Crippen LogP contribution in [0.15, 0.2) is 71.1 Å². The standard InChI is InChI=1S/C27H41N3O/c1-22(2)10-6-11-23(3)12-7-13-24(4)14-8-15-25(5)17-19-29-27(31)30-21-26-16-9-18-28-20-26/h9-10,12,14,16-18,20H,6-8,11,13,15,19,21H2,1-5H3,(H2,29,30,31)/b23-12+,24-14+,25-17+. The Bertz CT molecular complexity index is 769. The van der Waals surface area contributed by atoms with Gasteiger partial charge in [-0.05, 0) is 84.8 Å². The molecular weight excluding hydrogens is 382 g/mol. The molecule has 0 fully saturated rings. The molecule has 0 atom stereocenters. The molecule has 1 aromatic rings. The lowest BCUT2D eigenvalue weighted by Gasteiger charge is -2.06. The summed E-state index contributed by atoms with van der Waals surface area (Å²) < 4.78 is 0. The highest BCUT2D eigenvalue weighted by Gasteiger charge is 1.99. The molecule has 170 valence electrons. The molecular formula is C27H41N3O. The molecule has 4 nitrogen and oxygen atoms in total. The van der Waals surface area contributed by atoms with Crippen molar-refractivity contribution >= 4 is 6.03 Å². The number of aromatic nitrogens is 1. The van der Waals surface area contributed by atoms with Crippen LogP contribution in [0.4, 0.5) is 4.79 Å². The number of urea groups is 1. The van der Waals surface area contributed by atoms with Gasteiger partial charge in [-0.3, -0.25) is 4.98 Å². The molecule has 0 unspecified atom stereocenters. The smallest absolute Gasteiger partial charge is 0.315 e. The van der Waals surface area contributed by atoms with Crippen molar-refractivity contribution in [1.29, 1.82) is 0 Å². The van der Waals surface area contributed by atoms with Crippen LogP contribution in [0.25, 0.3) is 0 Å². The lowest BCUT2D eigenvalue weighted by atomic mass is 10.0. The average Bonchev–Trinajstić information content (AvgIpc) is 2.72. The minimum absolute atomic E-state index is 0.159. The topological polar surface area (TPSA) is 54.0 Å². The largest absolute Gasteiger partial charge is 0.335 e. The molecule has 0 aliphatic carbocycles. The highest BCUT2D eigenvalue weighted by molar-refractivity contribution is 5.73. The quantitative estimate of drug-likeness (QED) is 0.335. The number of pyridine rings is 1. The van der Waals surface area contributed by atoms with E-state index in [1.807, 2.05) is 12.1 Å². The number of amides is 2. The van der Waals surface area contributed by atoms with Gasteiger partial charge in [-0.2, -0.15) is 0 Å². The van der Waals surface area contributed by atoms with Crippen LogP contribution in [0.2, 0.25) is 0 Å². The Kier molecular flexibility index (Phi) is 13.7. The van der Waals surface area contributed by atoms with E-state index in [9.17, 15) is 4.79 Å². The molecule has 0 bridgehead atoms. The summed E-state index contributed by atoms with van der Waals surface area (Å²) in [5.74, 6) is 0. The van der Waals surface area contributed by atoms with Crippen molar-refractivity contribution in [3.8, 4) is 0 Å². The minimum atomic E-state index is -0.159. The van der Waals surface area contributed by atoms with Gasteiger partial charge in [0.1, 0.15) is 0 Å². The zero-order chi connectivity index (χ0) is 22.9. The maximum atomic E-state index is 11.8. The van der Waals surface area contributed by atoms with E-state index in [2.05, 4.69) is 74.5 Å². The van der Waals surface area contributed by atoms with Crippen LogP contribution in [-0.4, -0.2) is 17.6 Å².